The summed E-state index contributed by atoms with van der Waals surface area (Å²) in [5.74, 6) is 1.23. The van der Waals surface area contributed by atoms with E-state index >= 15 is 0 Å². The largest absolute Gasteiger partial charge is 0.462 e. The highest BCUT2D eigenvalue weighted by Gasteiger charge is 2.23. The van der Waals surface area contributed by atoms with Crippen LogP contribution in [-0.4, -0.2) is 77.7 Å². The second-order valence-electron chi connectivity index (χ2n) is 7.28. The molecule has 8 heteroatoms. The van der Waals surface area contributed by atoms with E-state index < -0.39 is 0 Å². The quantitative estimate of drug-likeness (QED) is 0.710. The van der Waals surface area contributed by atoms with Gasteiger partial charge in [-0.2, -0.15) is 0 Å². The summed E-state index contributed by atoms with van der Waals surface area (Å²) in [5.41, 5.74) is 0.894. The Hall–Kier alpha value is -1.77. The van der Waals surface area contributed by atoms with Gasteiger partial charge in [-0.3, -0.25) is 4.90 Å². The fraction of sp³-hybridized carbons (Fsp3) is 0.650. The minimum Gasteiger partial charge on any atom is -0.462 e. The maximum atomic E-state index is 12.3. The van der Waals surface area contributed by atoms with E-state index in [2.05, 4.69) is 38.9 Å². The molecule has 0 radical (unpaired) electrons. The third-order valence-corrected chi connectivity index (χ3v) is 6.57. The average Bonchev–Trinajstić information content (AvgIpc) is 3.02. The number of anilines is 1. The molecule has 1 saturated heterocycles. The minimum atomic E-state index is -0.284. The Morgan fingerprint density at radius 2 is 1.93 bits per heavy atom. The summed E-state index contributed by atoms with van der Waals surface area (Å²) in [4.78, 5) is 27.9. The second kappa shape index (κ2) is 9.15. The van der Waals surface area contributed by atoms with Crippen molar-refractivity contribution in [2.45, 2.75) is 40.7 Å². The monoisotopic (exact) mass is 405 g/mol. The molecule has 0 aliphatic carbocycles. The van der Waals surface area contributed by atoms with Gasteiger partial charge in [0.25, 0.3) is 0 Å². The Bertz CT molecular complexity index is 830. The van der Waals surface area contributed by atoms with Gasteiger partial charge in [-0.1, -0.05) is 6.92 Å². The SMILES string of the molecule is CCOC(=O)c1sc2nc(C)nc(NC[C@@H](C)N3CCN(CC)CC3)c2c1C. The number of esters is 1. The van der Waals surface area contributed by atoms with Gasteiger partial charge in [-0.15, -0.1) is 11.3 Å². The number of hydrogen-bond donors (Lipinski definition) is 1. The zero-order chi connectivity index (χ0) is 20.3. The number of nitrogens with zero attached hydrogens (tertiary/aromatic N) is 4. The van der Waals surface area contributed by atoms with Crippen molar-refractivity contribution in [3.63, 3.8) is 0 Å². The number of thiophene rings is 1. The zero-order valence-electron chi connectivity index (χ0n) is 17.5. The first kappa shape index (κ1) is 21.0. The standard InChI is InChI=1S/C20H31N5O2S/c1-6-24-8-10-25(11-9-24)13(3)12-21-18-16-14(4)17(20(26)27-7-2)28-19(16)23-15(5)22-18/h13H,6-12H2,1-5H3,(H,21,22,23)/t13-/m1/s1. The molecule has 0 unspecified atom stereocenters. The van der Waals surface area contributed by atoms with E-state index in [0.29, 0.717) is 23.4 Å². The van der Waals surface area contributed by atoms with E-state index in [9.17, 15) is 4.79 Å². The molecule has 1 aliphatic rings. The lowest BCUT2D eigenvalue weighted by Gasteiger charge is -2.37. The topological polar surface area (TPSA) is 70.6 Å². The fourth-order valence-corrected chi connectivity index (χ4v) is 4.78. The Labute approximate surface area is 171 Å². The van der Waals surface area contributed by atoms with Crippen molar-refractivity contribution in [3.05, 3.63) is 16.3 Å². The molecule has 7 nitrogen and oxygen atoms in total. The summed E-state index contributed by atoms with van der Waals surface area (Å²) in [5, 5.41) is 4.46. The van der Waals surface area contributed by atoms with Gasteiger partial charge in [0.05, 0.1) is 12.0 Å². The van der Waals surface area contributed by atoms with Crippen LogP contribution < -0.4 is 5.32 Å². The number of ether oxygens (including phenoxy) is 1. The predicted molar refractivity (Wildman–Crippen MR) is 114 cm³/mol. The molecule has 0 bridgehead atoms. The van der Waals surface area contributed by atoms with Gasteiger partial charge in [0.15, 0.2) is 0 Å². The number of carbonyl (C=O) groups excluding carboxylic acids is 1. The summed E-state index contributed by atoms with van der Waals surface area (Å²) < 4.78 is 5.20. The molecular formula is C20H31N5O2S. The highest BCUT2D eigenvalue weighted by Crippen LogP contribution is 2.34. The van der Waals surface area contributed by atoms with Gasteiger partial charge in [0, 0.05) is 38.8 Å². The van der Waals surface area contributed by atoms with Gasteiger partial charge in [-0.05, 0) is 39.8 Å². The van der Waals surface area contributed by atoms with Gasteiger partial charge in [-0.25, -0.2) is 14.8 Å². The van der Waals surface area contributed by atoms with Crippen LogP contribution in [0, 0.1) is 13.8 Å². The van der Waals surface area contributed by atoms with E-state index in [-0.39, 0.29) is 5.97 Å². The van der Waals surface area contributed by atoms with Crippen LogP contribution in [0.2, 0.25) is 0 Å². The van der Waals surface area contributed by atoms with Crippen LogP contribution in [-0.2, 0) is 4.74 Å². The number of carbonyl (C=O) groups is 1. The van der Waals surface area contributed by atoms with Crippen molar-refractivity contribution in [2.24, 2.45) is 0 Å². The van der Waals surface area contributed by atoms with E-state index in [4.69, 9.17) is 4.74 Å². The van der Waals surface area contributed by atoms with Gasteiger partial charge in [0.1, 0.15) is 21.3 Å². The molecule has 2 aromatic rings. The van der Waals surface area contributed by atoms with E-state index in [1.165, 1.54) is 11.3 Å². The number of likely N-dealkylation sites (N-methyl/N-ethyl adjacent to an activating group) is 1. The predicted octanol–water partition coefficient (Wildman–Crippen LogP) is 2.92. The fourth-order valence-electron chi connectivity index (χ4n) is 3.66. The molecule has 3 rings (SSSR count). The Balaban J connectivity index is 1.76. The van der Waals surface area contributed by atoms with E-state index in [0.717, 1.165) is 60.9 Å². The number of piperazine rings is 1. The van der Waals surface area contributed by atoms with Crippen molar-refractivity contribution >= 4 is 33.3 Å². The number of nitrogens with one attached hydrogen (secondary N) is 1. The summed E-state index contributed by atoms with van der Waals surface area (Å²) in [6, 6.07) is 0.410. The molecule has 3 heterocycles. The molecule has 0 aromatic carbocycles. The van der Waals surface area contributed by atoms with Crippen molar-refractivity contribution in [3.8, 4) is 0 Å². The molecule has 1 aliphatic heterocycles. The number of fused-ring (bicyclic) bond motifs is 1. The van der Waals surface area contributed by atoms with Gasteiger partial charge < -0.3 is 15.0 Å². The normalized spacial score (nSPS) is 17.0. The first-order valence-corrected chi connectivity index (χ1v) is 10.9. The molecule has 0 saturated carbocycles. The van der Waals surface area contributed by atoms with Crippen LogP contribution in [0.25, 0.3) is 10.2 Å². The van der Waals surface area contributed by atoms with Crippen LogP contribution in [0.4, 0.5) is 5.82 Å². The molecule has 28 heavy (non-hydrogen) atoms. The summed E-state index contributed by atoms with van der Waals surface area (Å²) >= 11 is 1.38. The maximum Gasteiger partial charge on any atom is 0.348 e. The summed E-state index contributed by atoms with van der Waals surface area (Å²) in [7, 11) is 0. The molecule has 1 fully saturated rings. The molecule has 0 amide bonds. The van der Waals surface area contributed by atoms with Crippen molar-refractivity contribution < 1.29 is 9.53 Å². The number of rotatable bonds is 7. The Morgan fingerprint density at radius 1 is 1.21 bits per heavy atom. The molecule has 1 N–H and O–H groups in total. The molecule has 1 atom stereocenters. The van der Waals surface area contributed by atoms with Gasteiger partial charge >= 0.3 is 5.97 Å². The third-order valence-electron chi connectivity index (χ3n) is 5.41. The van der Waals surface area contributed by atoms with Crippen LogP contribution in [0.3, 0.4) is 0 Å². The first-order valence-electron chi connectivity index (χ1n) is 10.1. The summed E-state index contributed by atoms with van der Waals surface area (Å²) in [6.45, 7) is 16.9. The van der Waals surface area contributed by atoms with E-state index in [1.807, 2.05) is 20.8 Å². The average molecular weight is 406 g/mol. The zero-order valence-corrected chi connectivity index (χ0v) is 18.4. The molecule has 2 aromatic heterocycles. The molecule has 154 valence electrons. The smallest absolute Gasteiger partial charge is 0.348 e. The first-order chi connectivity index (χ1) is 13.4. The minimum absolute atomic E-state index is 0.284. The summed E-state index contributed by atoms with van der Waals surface area (Å²) in [6.07, 6.45) is 0. The molecule has 0 spiro atoms. The lowest BCUT2D eigenvalue weighted by atomic mass is 10.2. The van der Waals surface area contributed by atoms with Crippen molar-refractivity contribution in [1.29, 1.82) is 0 Å². The number of hydrogen-bond acceptors (Lipinski definition) is 8. The Kier molecular flexibility index (Phi) is 6.85. The third kappa shape index (κ3) is 4.45. The molecular weight excluding hydrogens is 374 g/mol. The number of aromatic nitrogens is 2. The van der Waals surface area contributed by atoms with Gasteiger partial charge in [0.2, 0.25) is 0 Å². The van der Waals surface area contributed by atoms with Crippen LogP contribution in [0.5, 0.6) is 0 Å². The lowest BCUT2D eigenvalue weighted by Crippen LogP contribution is -2.51. The van der Waals surface area contributed by atoms with Crippen LogP contribution in [0.1, 0.15) is 41.8 Å². The van der Waals surface area contributed by atoms with Crippen molar-refractivity contribution in [1.82, 2.24) is 19.8 Å². The second-order valence-corrected chi connectivity index (χ2v) is 8.28. The highest BCUT2D eigenvalue weighted by molar-refractivity contribution is 7.20. The Morgan fingerprint density at radius 3 is 2.57 bits per heavy atom. The maximum absolute atomic E-state index is 12.3. The highest BCUT2D eigenvalue weighted by atomic mass is 32.1. The number of aryl methyl sites for hydroxylation is 2. The van der Waals surface area contributed by atoms with Crippen LogP contribution >= 0.6 is 11.3 Å². The lowest BCUT2D eigenvalue weighted by molar-refractivity contribution is 0.0531. The van der Waals surface area contributed by atoms with Crippen LogP contribution in [0.15, 0.2) is 0 Å². The van der Waals surface area contributed by atoms with Crippen molar-refractivity contribution in [2.75, 3.05) is 51.2 Å². The van der Waals surface area contributed by atoms with E-state index in [1.54, 1.807) is 0 Å².